The minimum Gasteiger partial charge on any atom is -0.378 e. The number of benzene rings is 1. The van der Waals surface area contributed by atoms with Crippen molar-refractivity contribution in [3.63, 3.8) is 0 Å². The minimum absolute atomic E-state index is 0.163. The number of sulfone groups is 1. The average Bonchev–Trinajstić information content (AvgIpc) is 2.88. The molecule has 36 heavy (non-hydrogen) atoms. The number of carbonyl (C=O) groups is 1. The summed E-state index contributed by atoms with van der Waals surface area (Å²) in [6, 6.07) is 9.33. The van der Waals surface area contributed by atoms with E-state index in [0.29, 0.717) is 35.9 Å². The van der Waals surface area contributed by atoms with Gasteiger partial charge in [-0.1, -0.05) is 0 Å². The Bertz CT molecular complexity index is 1430. The molecule has 0 radical (unpaired) electrons. The Kier molecular flexibility index (Phi) is 6.46. The molecule has 5 rings (SSSR count). The van der Waals surface area contributed by atoms with E-state index >= 15 is 0 Å². The van der Waals surface area contributed by atoms with E-state index in [0.717, 1.165) is 48.1 Å². The van der Waals surface area contributed by atoms with Crippen LogP contribution in [0.2, 0.25) is 0 Å². The normalized spacial score (nSPS) is 17.3. The van der Waals surface area contributed by atoms with Gasteiger partial charge in [-0.25, -0.2) is 13.4 Å². The molecule has 10 heteroatoms. The van der Waals surface area contributed by atoms with E-state index in [9.17, 15) is 13.2 Å². The number of rotatable bonds is 6. The minimum atomic E-state index is -3.45. The monoisotopic (exact) mass is 505 g/mol. The molecule has 2 aliphatic rings. The Morgan fingerprint density at radius 3 is 2.61 bits per heavy atom. The molecule has 1 saturated heterocycles. The van der Waals surface area contributed by atoms with Crippen LogP contribution in [0.1, 0.15) is 22.7 Å². The van der Waals surface area contributed by atoms with Crippen molar-refractivity contribution in [2.24, 2.45) is 0 Å². The Hall–Kier alpha value is -3.76. The maximum absolute atomic E-state index is 12.3. The molecule has 0 amide bonds. The molecule has 1 unspecified atom stereocenters. The third kappa shape index (κ3) is 4.69. The van der Waals surface area contributed by atoms with E-state index in [-0.39, 0.29) is 4.90 Å². The van der Waals surface area contributed by atoms with Crippen LogP contribution in [0.5, 0.6) is 0 Å². The smallest absolute Gasteiger partial charge is 0.177 e. The van der Waals surface area contributed by atoms with Gasteiger partial charge in [-0.2, -0.15) is 0 Å². The fourth-order valence-corrected chi connectivity index (χ4v) is 5.48. The molecule has 0 bridgehead atoms. The number of carbonyl (C=O) groups excluding carboxylic acids is 1. The molecule has 186 valence electrons. The van der Waals surface area contributed by atoms with E-state index in [1.54, 1.807) is 19.3 Å². The van der Waals surface area contributed by atoms with Gasteiger partial charge in [0.2, 0.25) is 0 Å². The second-order valence-corrected chi connectivity index (χ2v) is 10.8. The first-order valence-electron chi connectivity index (χ1n) is 11.6. The van der Waals surface area contributed by atoms with Crippen LogP contribution < -0.4 is 15.5 Å². The lowest BCUT2D eigenvalue weighted by Gasteiger charge is -2.29. The summed E-state index contributed by atoms with van der Waals surface area (Å²) in [6.45, 7) is 4.87. The standard InChI is InChI=1S/C26H27N5O4S/c1-17-21(14-27-15-24(17)36(2,33)34)22-13-18-7-8-28-23(16-32)25(18)26(30-22)29-19-3-5-20(6-4-19)31-9-11-35-12-10-31/h3-8,13-16,23,28H,9-12H2,1-2H3,(H,29,30). The van der Waals surface area contributed by atoms with Crippen molar-refractivity contribution in [2.75, 3.05) is 42.8 Å². The van der Waals surface area contributed by atoms with Gasteiger partial charge < -0.3 is 25.1 Å². The highest BCUT2D eigenvalue weighted by atomic mass is 32.2. The molecule has 9 nitrogen and oxygen atoms in total. The van der Waals surface area contributed by atoms with Crippen molar-refractivity contribution in [3.05, 3.63) is 65.6 Å². The van der Waals surface area contributed by atoms with E-state index in [1.807, 2.05) is 36.4 Å². The zero-order valence-corrected chi connectivity index (χ0v) is 20.9. The van der Waals surface area contributed by atoms with Crippen molar-refractivity contribution in [1.29, 1.82) is 0 Å². The van der Waals surface area contributed by atoms with E-state index in [1.165, 1.54) is 6.20 Å². The predicted molar refractivity (Wildman–Crippen MR) is 139 cm³/mol. The first kappa shape index (κ1) is 24.0. The lowest BCUT2D eigenvalue weighted by molar-refractivity contribution is -0.109. The van der Waals surface area contributed by atoms with Crippen molar-refractivity contribution >= 4 is 39.4 Å². The Morgan fingerprint density at radius 2 is 1.92 bits per heavy atom. The summed E-state index contributed by atoms with van der Waals surface area (Å²) in [5.41, 5.74) is 5.21. The van der Waals surface area contributed by atoms with Gasteiger partial charge in [-0.15, -0.1) is 0 Å². The van der Waals surface area contributed by atoms with Crippen LogP contribution in [0.25, 0.3) is 17.3 Å². The maximum Gasteiger partial charge on any atom is 0.177 e. The van der Waals surface area contributed by atoms with Gasteiger partial charge in [0.05, 0.1) is 23.8 Å². The molecule has 3 aromatic rings. The fraction of sp³-hybridized carbons (Fsp3) is 0.269. The highest BCUT2D eigenvalue weighted by Gasteiger charge is 2.24. The number of anilines is 3. The number of nitrogens with zero attached hydrogens (tertiary/aromatic N) is 3. The van der Waals surface area contributed by atoms with E-state index in [2.05, 4.69) is 20.5 Å². The summed E-state index contributed by atoms with van der Waals surface area (Å²) >= 11 is 0. The molecule has 2 aliphatic heterocycles. The molecular formula is C26H27N5O4S. The second-order valence-electron chi connectivity index (χ2n) is 8.83. The molecule has 2 N–H and O–H groups in total. The van der Waals surface area contributed by atoms with Gasteiger partial charge in [-0.3, -0.25) is 4.98 Å². The number of pyridine rings is 2. The highest BCUT2D eigenvalue weighted by Crippen LogP contribution is 2.35. The molecule has 4 heterocycles. The third-order valence-electron chi connectivity index (χ3n) is 6.43. The first-order valence-corrected chi connectivity index (χ1v) is 13.5. The van der Waals surface area contributed by atoms with Crippen LogP contribution in [0.15, 0.2) is 53.8 Å². The summed E-state index contributed by atoms with van der Waals surface area (Å²) in [4.78, 5) is 23.3. The zero-order chi connectivity index (χ0) is 25.3. The average molecular weight is 506 g/mol. The van der Waals surface area contributed by atoms with Gasteiger partial charge in [0.15, 0.2) is 9.84 Å². The van der Waals surface area contributed by atoms with E-state index in [4.69, 9.17) is 9.72 Å². The molecule has 1 aromatic carbocycles. The molecule has 2 aromatic heterocycles. The summed E-state index contributed by atoms with van der Waals surface area (Å²) in [7, 11) is -3.45. The second kappa shape index (κ2) is 9.71. The van der Waals surface area contributed by atoms with E-state index < -0.39 is 15.9 Å². The van der Waals surface area contributed by atoms with Gasteiger partial charge in [0.1, 0.15) is 18.1 Å². The van der Waals surface area contributed by atoms with Crippen LogP contribution in [-0.4, -0.2) is 57.2 Å². The lowest BCUT2D eigenvalue weighted by atomic mass is 9.96. The summed E-state index contributed by atoms with van der Waals surface area (Å²) in [5, 5.41) is 6.44. The lowest BCUT2D eigenvalue weighted by Crippen LogP contribution is -2.36. The predicted octanol–water partition coefficient (Wildman–Crippen LogP) is 3.25. The number of hydrogen-bond acceptors (Lipinski definition) is 9. The SMILES string of the molecule is Cc1c(-c2cc3c(c(Nc4ccc(N5CCOCC5)cc4)n2)C(C=O)NC=C3)cncc1S(C)(=O)=O. The van der Waals surface area contributed by atoms with Crippen LogP contribution in [0.4, 0.5) is 17.2 Å². The third-order valence-corrected chi connectivity index (χ3v) is 7.64. The highest BCUT2D eigenvalue weighted by molar-refractivity contribution is 7.90. The zero-order valence-electron chi connectivity index (χ0n) is 20.1. The molecular weight excluding hydrogens is 478 g/mol. The van der Waals surface area contributed by atoms with Gasteiger partial charge in [-0.05, 0) is 60.7 Å². The van der Waals surface area contributed by atoms with Gasteiger partial charge in [0, 0.05) is 54.2 Å². The maximum atomic E-state index is 12.3. The Balaban J connectivity index is 1.56. The largest absolute Gasteiger partial charge is 0.378 e. The summed E-state index contributed by atoms with van der Waals surface area (Å²) in [6.07, 6.45) is 8.57. The topological polar surface area (TPSA) is 114 Å². The first-order chi connectivity index (χ1) is 17.3. The number of nitrogens with one attached hydrogen (secondary N) is 2. The molecule has 1 fully saturated rings. The number of aromatic nitrogens is 2. The molecule has 1 atom stereocenters. The number of ether oxygens (including phenoxy) is 1. The molecule has 0 saturated carbocycles. The van der Waals surface area contributed by atoms with Crippen LogP contribution in [0, 0.1) is 6.92 Å². The van der Waals surface area contributed by atoms with Crippen molar-refractivity contribution in [2.45, 2.75) is 17.9 Å². The van der Waals surface area contributed by atoms with Crippen LogP contribution in [0.3, 0.4) is 0 Å². The Morgan fingerprint density at radius 1 is 1.17 bits per heavy atom. The molecule has 0 aliphatic carbocycles. The number of aldehydes is 1. The van der Waals surface area contributed by atoms with Gasteiger partial charge >= 0.3 is 0 Å². The quantitative estimate of drug-likeness (QED) is 0.487. The van der Waals surface area contributed by atoms with Crippen molar-refractivity contribution in [1.82, 2.24) is 15.3 Å². The van der Waals surface area contributed by atoms with Crippen LogP contribution in [-0.2, 0) is 19.4 Å². The van der Waals surface area contributed by atoms with Crippen molar-refractivity contribution < 1.29 is 17.9 Å². The van der Waals surface area contributed by atoms with Crippen LogP contribution >= 0.6 is 0 Å². The van der Waals surface area contributed by atoms with Gasteiger partial charge in [0.25, 0.3) is 0 Å². The van der Waals surface area contributed by atoms with Crippen molar-refractivity contribution in [3.8, 4) is 11.3 Å². The number of fused-ring (bicyclic) bond motifs is 1. The summed E-state index contributed by atoms with van der Waals surface area (Å²) < 4.78 is 30.0. The fourth-order valence-electron chi connectivity index (χ4n) is 4.56. The number of morpholine rings is 1. The Labute approximate surface area is 210 Å². The number of hydrogen-bond donors (Lipinski definition) is 2. The summed E-state index contributed by atoms with van der Waals surface area (Å²) in [5.74, 6) is 0.514. The molecule has 0 spiro atoms.